The quantitative estimate of drug-likeness (QED) is 0.766. The molecule has 1 atom stereocenters. The third-order valence-corrected chi connectivity index (χ3v) is 4.04. The number of ether oxygens (including phenoxy) is 1. The molecule has 0 aliphatic rings. The molecule has 1 unspecified atom stereocenters. The molecule has 1 aromatic carbocycles. The zero-order valence-corrected chi connectivity index (χ0v) is 12.1. The molecule has 0 bridgehead atoms. The van der Waals surface area contributed by atoms with Crippen molar-refractivity contribution < 1.29 is 17.9 Å². The van der Waals surface area contributed by atoms with Gasteiger partial charge in [-0.15, -0.1) is 10.2 Å². The summed E-state index contributed by atoms with van der Waals surface area (Å²) in [6.07, 6.45) is -2.97. The number of aromatic nitrogens is 3. The highest BCUT2D eigenvalue weighted by molar-refractivity contribution is 7.99. The molecule has 0 aliphatic carbocycles. The maximum absolute atomic E-state index is 13.3. The fourth-order valence-electron chi connectivity index (χ4n) is 1.74. The van der Waals surface area contributed by atoms with Crippen LogP contribution in [-0.4, -0.2) is 34.7 Å². The summed E-state index contributed by atoms with van der Waals surface area (Å²) >= 11 is 0.641. The molecule has 0 saturated heterocycles. The van der Waals surface area contributed by atoms with Crippen molar-refractivity contribution in [1.82, 2.24) is 14.8 Å². The zero-order valence-electron chi connectivity index (χ0n) is 11.2. The van der Waals surface area contributed by atoms with Gasteiger partial charge < -0.3 is 9.30 Å². The number of benzene rings is 1. The molecule has 0 N–H and O–H groups in total. The van der Waals surface area contributed by atoms with Crippen LogP contribution in [0.15, 0.2) is 41.8 Å². The van der Waals surface area contributed by atoms with E-state index in [0.29, 0.717) is 24.9 Å². The Labute approximate surface area is 124 Å². The fourth-order valence-corrected chi connectivity index (χ4v) is 2.74. The molecule has 0 spiro atoms. The summed E-state index contributed by atoms with van der Waals surface area (Å²) in [4.78, 5) is 0. The average Bonchev–Trinajstić information content (AvgIpc) is 2.89. The Balaban J connectivity index is 2.22. The van der Waals surface area contributed by atoms with Crippen LogP contribution >= 0.6 is 11.8 Å². The topological polar surface area (TPSA) is 39.9 Å². The molecule has 0 saturated carbocycles. The first-order chi connectivity index (χ1) is 10.0. The summed E-state index contributed by atoms with van der Waals surface area (Å²) in [5, 5.41) is 5.99. The summed E-state index contributed by atoms with van der Waals surface area (Å²) in [5.41, 5.74) is 0.191. The molecular weight excluding hydrogens is 303 g/mol. The Morgan fingerprint density at radius 1 is 1.29 bits per heavy atom. The third kappa shape index (κ3) is 4.21. The van der Waals surface area contributed by atoms with E-state index < -0.39 is 11.4 Å². The van der Waals surface area contributed by atoms with Gasteiger partial charge in [0.15, 0.2) is 5.16 Å². The second kappa shape index (κ2) is 6.95. The molecule has 2 rings (SSSR count). The minimum absolute atomic E-state index is 0.191. The van der Waals surface area contributed by atoms with E-state index in [9.17, 15) is 13.2 Å². The number of thioether (sulfide) groups is 1. The van der Waals surface area contributed by atoms with Gasteiger partial charge in [-0.1, -0.05) is 42.1 Å². The smallest absolute Gasteiger partial charge is 0.383 e. The number of halogens is 3. The molecule has 114 valence electrons. The minimum Gasteiger partial charge on any atom is -0.383 e. The number of methoxy groups -OCH3 is 1. The van der Waals surface area contributed by atoms with E-state index >= 15 is 0 Å². The van der Waals surface area contributed by atoms with Gasteiger partial charge in [-0.25, -0.2) is 0 Å². The molecule has 2 aromatic rings. The summed E-state index contributed by atoms with van der Waals surface area (Å²) in [7, 11) is 1.53. The van der Waals surface area contributed by atoms with Crippen LogP contribution in [0.3, 0.4) is 0 Å². The van der Waals surface area contributed by atoms with Crippen molar-refractivity contribution in [2.75, 3.05) is 13.7 Å². The molecule has 0 fully saturated rings. The van der Waals surface area contributed by atoms with Gasteiger partial charge in [-0.05, 0) is 5.56 Å². The maximum atomic E-state index is 13.3. The molecule has 1 heterocycles. The lowest BCUT2D eigenvalue weighted by Crippen LogP contribution is -2.18. The van der Waals surface area contributed by atoms with Crippen LogP contribution in [0, 0.1) is 0 Å². The van der Waals surface area contributed by atoms with E-state index in [1.165, 1.54) is 25.6 Å². The third-order valence-electron chi connectivity index (χ3n) is 2.74. The predicted molar refractivity (Wildman–Crippen MR) is 73.0 cm³/mol. The van der Waals surface area contributed by atoms with E-state index in [-0.39, 0.29) is 10.7 Å². The number of nitrogens with zero attached hydrogens (tertiary/aromatic N) is 3. The lowest BCUT2D eigenvalue weighted by molar-refractivity contribution is -0.129. The number of hydrogen-bond acceptors (Lipinski definition) is 4. The van der Waals surface area contributed by atoms with Gasteiger partial charge in [0, 0.05) is 13.7 Å². The van der Waals surface area contributed by atoms with E-state index in [2.05, 4.69) is 10.2 Å². The van der Waals surface area contributed by atoms with Crippen LogP contribution in [0.5, 0.6) is 0 Å². The van der Waals surface area contributed by atoms with Crippen molar-refractivity contribution in [2.24, 2.45) is 0 Å². The van der Waals surface area contributed by atoms with Crippen molar-refractivity contribution in [3.05, 3.63) is 42.2 Å². The van der Waals surface area contributed by atoms with Crippen LogP contribution in [0.4, 0.5) is 13.2 Å². The predicted octanol–water partition coefficient (Wildman–Crippen LogP) is 3.32. The van der Waals surface area contributed by atoms with Gasteiger partial charge in [0.05, 0.1) is 6.61 Å². The van der Waals surface area contributed by atoms with Crippen molar-refractivity contribution in [2.45, 2.75) is 23.1 Å². The summed E-state index contributed by atoms with van der Waals surface area (Å²) in [6.45, 7) is 0.790. The molecule has 21 heavy (non-hydrogen) atoms. The number of alkyl halides is 3. The SMILES string of the molecule is COCCn1cnnc1SC(c1ccccc1)C(F)(F)F. The van der Waals surface area contributed by atoms with Gasteiger partial charge in [-0.3, -0.25) is 0 Å². The Kier molecular flexibility index (Phi) is 5.24. The summed E-state index contributed by atoms with van der Waals surface area (Å²) < 4.78 is 46.3. The molecule has 0 aliphatic heterocycles. The highest BCUT2D eigenvalue weighted by Crippen LogP contribution is 2.45. The van der Waals surface area contributed by atoms with Crippen molar-refractivity contribution >= 4 is 11.8 Å². The molecule has 0 radical (unpaired) electrons. The first kappa shape index (κ1) is 15.8. The second-order valence-corrected chi connectivity index (χ2v) is 5.32. The highest BCUT2D eigenvalue weighted by Gasteiger charge is 2.42. The largest absolute Gasteiger partial charge is 0.404 e. The minimum atomic E-state index is -4.37. The summed E-state index contributed by atoms with van der Waals surface area (Å²) in [6, 6.07) is 7.78. The van der Waals surface area contributed by atoms with Gasteiger partial charge in [-0.2, -0.15) is 13.2 Å². The van der Waals surface area contributed by atoms with Gasteiger partial charge in [0.1, 0.15) is 11.6 Å². The van der Waals surface area contributed by atoms with Crippen LogP contribution in [0.25, 0.3) is 0 Å². The Bertz CT molecular complexity index is 559. The fraction of sp³-hybridized carbons (Fsp3) is 0.385. The molecule has 4 nitrogen and oxygen atoms in total. The lowest BCUT2D eigenvalue weighted by atomic mass is 10.1. The van der Waals surface area contributed by atoms with Crippen LogP contribution in [0.2, 0.25) is 0 Å². The van der Waals surface area contributed by atoms with Gasteiger partial charge >= 0.3 is 6.18 Å². The van der Waals surface area contributed by atoms with Gasteiger partial charge in [0.25, 0.3) is 0 Å². The second-order valence-electron chi connectivity index (χ2n) is 4.25. The molecule has 1 aromatic heterocycles. The number of hydrogen-bond donors (Lipinski definition) is 0. The van der Waals surface area contributed by atoms with Gasteiger partial charge in [0.2, 0.25) is 0 Å². The maximum Gasteiger partial charge on any atom is 0.404 e. The highest BCUT2D eigenvalue weighted by atomic mass is 32.2. The van der Waals surface area contributed by atoms with E-state index in [1.807, 2.05) is 0 Å². The zero-order chi connectivity index (χ0) is 15.3. The molecule has 0 amide bonds. The molecule has 8 heteroatoms. The normalized spacial score (nSPS) is 13.3. The monoisotopic (exact) mass is 317 g/mol. The van der Waals surface area contributed by atoms with Crippen LogP contribution in [0.1, 0.15) is 10.8 Å². The Morgan fingerprint density at radius 3 is 2.62 bits per heavy atom. The van der Waals surface area contributed by atoms with Crippen molar-refractivity contribution in [3.63, 3.8) is 0 Å². The Morgan fingerprint density at radius 2 is 2.00 bits per heavy atom. The van der Waals surface area contributed by atoms with Crippen LogP contribution in [-0.2, 0) is 11.3 Å². The van der Waals surface area contributed by atoms with E-state index in [4.69, 9.17) is 4.74 Å². The van der Waals surface area contributed by atoms with Crippen molar-refractivity contribution in [3.8, 4) is 0 Å². The van der Waals surface area contributed by atoms with Crippen LogP contribution < -0.4 is 0 Å². The van der Waals surface area contributed by atoms with Crippen molar-refractivity contribution in [1.29, 1.82) is 0 Å². The van der Waals surface area contributed by atoms with E-state index in [1.54, 1.807) is 22.8 Å². The van der Waals surface area contributed by atoms with E-state index in [0.717, 1.165) is 0 Å². The Hall–Kier alpha value is -1.54. The molecular formula is C13H14F3N3OS. The number of rotatable bonds is 6. The first-order valence-electron chi connectivity index (χ1n) is 6.17. The lowest BCUT2D eigenvalue weighted by Gasteiger charge is -2.19. The standard InChI is InChI=1S/C13H14F3N3OS/c1-20-8-7-19-9-17-18-12(19)21-11(13(14,15)16)10-5-3-2-4-6-10/h2-6,9,11H,7-8H2,1H3. The average molecular weight is 317 g/mol. The summed E-state index contributed by atoms with van der Waals surface area (Å²) in [5.74, 6) is 0. The first-order valence-corrected chi connectivity index (χ1v) is 7.05.